The summed E-state index contributed by atoms with van der Waals surface area (Å²) in [5.41, 5.74) is 0.692. The first-order valence-electron chi connectivity index (χ1n) is 10.2. The number of carbonyl (C=O) groups excluding carboxylic acids is 3. The molecule has 3 aromatic rings. The number of nitrogens with zero attached hydrogens (tertiary/aromatic N) is 3. The van der Waals surface area contributed by atoms with Crippen LogP contribution < -0.4 is 4.90 Å². The number of hydrogen-bond acceptors (Lipinski definition) is 5. The summed E-state index contributed by atoms with van der Waals surface area (Å²) in [5.74, 6) is -2.76. The molecule has 0 aliphatic carbocycles. The van der Waals surface area contributed by atoms with Crippen LogP contribution in [0.1, 0.15) is 37.9 Å². The van der Waals surface area contributed by atoms with Crippen LogP contribution in [0.4, 0.5) is 15.8 Å². The van der Waals surface area contributed by atoms with Gasteiger partial charge < -0.3 is 4.90 Å². The summed E-state index contributed by atoms with van der Waals surface area (Å²) in [6, 6.07) is 12.0. The lowest BCUT2D eigenvalue weighted by Crippen LogP contribution is -2.67. The molecule has 1 saturated heterocycles. The second kappa shape index (κ2) is 7.74. The van der Waals surface area contributed by atoms with E-state index in [-0.39, 0.29) is 11.1 Å². The molecule has 34 heavy (non-hydrogen) atoms. The van der Waals surface area contributed by atoms with Gasteiger partial charge in [0, 0.05) is 16.8 Å². The minimum atomic E-state index is -1.27. The lowest BCUT2D eigenvalue weighted by Gasteiger charge is -2.50. The van der Waals surface area contributed by atoms with E-state index in [1.54, 1.807) is 25.1 Å². The Labute approximate surface area is 197 Å². The molecule has 2 atom stereocenters. The van der Waals surface area contributed by atoms with Gasteiger partial charge in [-0.2, -0.15) is 0 Å². The quantitative estimate of drug-likeness (QED) is 0.238. The molecule has 1 fully saturated rings. The van der Waals surface area contributed by atoms with E-state index >= 15 is 0 Å². The molecule has 2 heterocycles. The Kier molecular flexibility index (Phi) is 4.94. The van der Waals surface area contributed by atoms with Crippen molar-refractivity contribution in [1.29, 1.82) is 0 Å². The molecular weight excluding hydrogens is 465 g/mol. The molecule has 3 aromatic carbocycles. The average Bonchev–Trinajstić information content (AvgIpc) is 3.05. The fourth-order valence-electron chi connectivity index (χ4n) is 4.52. The molecule has 0 bridgehead atoms. The highest BCUT2D eigenvalue weighted by Gasteiger charge is 2.58. The van der Waals surface area contributed by atoms with Crippen LogP contribution in [0, 0.1) is 22.9 Å². The molecule has 2 aliphatic heterocycles. The van der Waals surface area contributed by atoms with Crippen molar-refractivity contribution >= 4 is 40.7 Å². The normalized spacial score (nSPS) is 19.3. The van der Waals surface area contributed by atoms with Crippen LogP contribution >= 0.6 is 11.6 Å². The number of rotatable bonds is 4. The maximum absolute atomic E-state index is 13.6. The smallest absolute Gasteiger partial charge is 0.282 e. The Morgan fingerprint density at radius 1 is 0.941 bits per heavy atom. The van der Waals surface area contributed by atoms with E-state index in [4.69, 9.17) is 11.6 Å². The Morgan fingerprint density at radius 3 is 2.32 bits per heavy atom. The van der Waals surface area contributed by atoms with E-state index in [1.807, 2.05) is 0 Å². The van der Waals surface area contributed by atoms with Gasteiger partial charge in [0.05, 0.1) is 16.5 Å². The number of fused-ring (bicyclic) bond motifs is 1. The molecule has 2 aliphatic rings. The number of nitro benzene ring substituents is 1. The number of aryl methyl sites for hydroxylation is 1. The Hall–Kier alpha value is -4.11. The number of imide groups is 1. The van der Waals surface area contributed by atoms with E-state index < -0.39 is 46.2 Å². The van der Waals surface area contributed by atoms with Gasteiger partial charge in [-0.15, -0.1) is 0 Å². The highest BCUT2D eigenvalue weighted by atomic mass is 35.5. The molecule has 3 amide bonds. The second-order valence-electron chi connectivity index (χ2n) is 8.02. The van der Waals surface area contributed by atoms with Crippen LogP contribution in [0.15, 0.2) is 60.7 Å². The number of carbonyl (C=O) groups is 3. The number of benzene rings is 3. The zero-order valence-corrected chi connectivity index (χ0v) is 18.3. The zero-order valence-electron chi connectivity index (χ0n) is 17.6. The highest BCUT2D eigenvalue weighted by Crippen LogP contribution is 2.46. The fraction of sp³-hybridized carbons (Fsp3) is 0.125. The molecule has 2 unspecified atom stereocenters. The van der Waals surface area contributed by atoms with E-state index in [0.717, 1.165) is 16.5 Å². The number of amides is 3. The van der Waals surface area contributed by atoms with Gasteiger partial charge in [-0.25, -0.2) is 4.39 Å². The first kappa shape index (κ1) is 21.7. The molecule has 5 rings (SSSR count). The minimum Gasteiger partial charge on any atom is -0.300 e. The van der Waals surface area contributed by atoms with Crippen LogP contribution in [0.5, 0.6) is 0 Å². The van der Waals surface area contributed by atoms with Crippen LogP contribution in [0.2, 0.25) is 5.02 Å². The topological polar surface area (TPSA) is 101 Å². The molecule has 0 N–H and O–H groups in total. The van der Waals surface area contributed by atoms with Gasteiger partial charge in [-0.05, 0) is 48.4 Å². The van der Waals surface area contributed by atoms with Gasteiger partial charge in [0.2, 0.25) is 0 Å². The van der Waals surface area contributed by atoms with Gasteiger partial charge in [0.1, 0.15) is 17.4 Å². The third-order valence-electron chi connectivity index (χ3n) is 6.11. The monoisotopic (exact) mass is 479 g/mol. The van der Waals surface area contributed by atoms with Gasteiger partial charge in [0.15, 0.2) is 0 Å². The summed E-state index contributed by atoms with van der Waals surface area (Å²) in [6.45, 7) is 1.78. The maximum atomic E-state index is 13.6. The van der Waals surface area contributed by atoms with Crippen molar-refractivity contribution in [2.45, 2.75) is 19.0 Å². The van der Waals surface area contributed by atoms with Crippen LogP contribution in [-0.4, -0.2) is 33.6 Å². The van der Waals surface area contributed by atoms with Gasteiger partial charge >= 0.3 is 0 Å². The lowest BCUT2D eigenvalue weighted by molar-refractivity contribution is -0.385. The number of nitro groups is 1. The predicted octanol–water partition coefficient (Wildman–Crippen LogP) is 4.45. The molecule has 170 valence electrons. The van der Waals surface area contributed by atoms with E-state index in [2.05, 4.69) is 0 Å². The van der Waals surface area contributed by atoms with Gasteiger partial charge in [-0.3, -0.25) is 29.4 Å². The molecule has 0 aromatic heterocycles. The third kappa shape index (κ3) is 3.08. The number of anilines is 1. The Bertz CT molecular complexity index is 1410. The summed E-state index contributed by atoms with van der Waals surface area (Å²) < 4.78 is 13.6. The average molecular weight is 480 g/mol. The number of β-lactam (4-membered cyclic amide) rings is 1. The number of halogens is 2. The Balaban J connectivity index is 1.63. The van der Waals surface area contributed by atoms with E-state index in [0.29, 0.717) is 16.3 Å². The molecule has 0 saturated carbocycles. The third-order valence-corrected chi connectivity index (χ3v) is 6.34. The second-order valence-corrected chi connectivity index (χ2v) is 8.45. The summed E-state index contributed by atoms with van der Waals surface area (Å²) in [4.78, 5) is 52.8. The molecule has 0 radical (unpaired) electrons. The first-order chi connectivity index (χ1) is 16.2. The SMILES string of the molecule is Cc1ccc(Cl)cc1N1C(=O)C(N2C(=O)c3cccc([N+](=O)[O-])c3C2=O)C1c1ccc(F)cc1. The van der Waals surface area contributed by atoms with Gasteiger partial charge in [0.25, 0.3) is 23.4 Å². The van der Waals surface area contributed by atoms with Crippen LogP contribution in [0.3, 0.4) is 0 Å². The summed E-state index contributed by atoms with van der Waals surface area (Å²) in [6.07, 6.45) is 0. The minimum absolute atomic E-state index is 0.137. The molecule has 0 spiro atoms. The molecular formula is C24H15ClFN3O5. The standard InChI is InChI=1S/C24H15ClFN3O5/c1-12-5-8-14(25)11-18(12)27-20(13-6-9-15(26)10-7-13)21(24(27)32)28-22(30)16-3-2-4-17(29(33)34)19(16)23(28)31/h2-11,20-21H,1H3. The molecule has 10 heteroatoms. The summed E-state index contributed by atoms with van der Waals surface area (Å²) >= 11 is 6.15. The Morgan fingerprint density at radius 2 is 1.65 bits per heavy atom. The van der Waals surface area contributed by atoms with Crippen LogP contribution in [0.25, 0.3) is 0 Å². The summed E-state index contributed by atoms with van der Waals surface area (Å²) in [7, 11) is 0. The maximum Gasteiger partial charge on any atom is 0.282 e. The van der Waals surface area contributed by atoms with Gasteiger partial charge in [-0.1, -0.05) is 35.9 Å². The first-order valence-corrected chi connectivity index (χ1v) is 10.6. The van der Waals surface area contributed by atoms with Crippen molar-refractivity contribution in [3.8, 4) is 0 Å². The largest absolute Gasteiger partial charge is 0.300 e. The van der Waals surface area contributed by atoms with Crippen molar-refractivity contribution in [1.82, 2.24) is 4.90 Å². The summed E-state index contributed by atoms with van der Waals surface area (Å²) in [5, 5.41) is 11.8. The molecule has 8 nitrogen and oxygen atoms in total. The fourth-order valence-corrected chi connectivity index (χ4v) is 4.68. The van der Waals surface area contributed by atoms with Crippen molar-refractivity contribution in [2.24, 2.45) is 0 Å². The lowest BCUT2D eigenvalue weighted by atomic mass is 9.85. The van der Waals surface area contributed by atoms with Crippen molar-refractivity contribution in [3.63, 3.8) is 0 Å². The van der Waals surface area contributed by atoms with E-state index in [9.17, 15) is 28.9 Å². The van der Waals surface area contributed by atoms with Crippen LogP contribution in [-0.2, 0) is 4.79 Å². The highest BCUT2D eigenvalue weighted by molar-refractivity contribution is 6.31. The van der Waals surface area contributed by atoms with E-state index in [1.165, 1.54) is 41.3 Å². The van der Waals surface area contributed by atoms with Crippen molar-refractivity contribution in [2.75, 3.05) is 4.90 Å². The van der Waals surface area contributed by atoms with Crippen molar-refractivity contribution in [3.05, 3.63) is 104 Å². The zero-order chi connectivity index (χ0) is 24.3. The predicted molar refractivity (Wildman–Crippen MR) is 120 cm³/mol. The number of hydrogen-bond donors (Lipinski definition) is 0. The van der Waals surface area contributed by atoms with Crippen molar-refractivity contribution < 1.29 is 23.7 Å².